The lowest BCUT2D eigenvalue weighted by atomic mass is 9.99. The van der Waals surface area contributed by atoms with Crippen molar-refractivity contribution in [2.45, 2.75) is 32.0 Å². The highest BCUT2D eigenvalue weighted by Gasteiger charge is 2.35. The van der Waals surface area contributed by atoms with Crippen molar-refractivity contribution in [1.82, 2.24) is 20.1 Å². The topological polar surface area (TPSA) is 73.9 Å². The number of amides is 1. The van der Waals surface area contributed by atoms with Crippen LogP contribution in [0.15, 0.2) is 48.7 Å². The number of piperidine rings is 1. The van der Waals surface area contributed by atoms with Crippen LogP contribution in [0, 0.1) is 11.6 Å². The van der Waals surface area contributed by atoms with Gasteiger partial charge in [0.15, 0.2) is 17.3 Å². The van der Waals surface area contributed by atoms with Crippen LogP contribution in [0.4, 0.5) is 27.8 Å². The minimum atomic E-state index is -4.72. The predicted octanol–water partition coefficient (Wildman–Crippen LogP) is 6.16. The standard InChI is InChI=1S/C26H22F5N5O/c27-20-12-15(14-36-9-2-1-3-10-36)11-17(22(20)28)16-6-7-21-18(13-16)23(35-34-21)25(37)33-24-19(26(29,30)31)5-4-8-32-24/h4-8,11-13H,1-3,9-10,14H2,(H,34,35)(H,32,33,37). The fraction of sp³-hybridized carbons (Fsp3) is 0.269. The van der Waals surface area contributed by atoms with Crippen LogP contribution in [0.25, 0.3) is 22.0 Å². The van der Waals surface area contributed by atoms with Crippen molar-refractivity contribution in [3.63, 3.8) is 0 Å². The lowest BCUT2D eigenvalue weighted by Crippen LogP contribution is -2.29. The quantitative estimate of drug-likeness (QED) is 0.312. The normalized spacial score (nSPS) is 14.7. The van der Waals surface area contributed by atoms with Crippen molar-refractivity contribution in [2.24, 2.45) is 0 Å². The number of likely N-dealkylation sites (tertiary alicyclic amines) is 1. The number of hydrogen-bond acceptors (Lipinski definition) is 4. The van der Waals surface area contributed by atoms with E-state index in [-0.39, 0.29) is 16.6 Å². The van der Waals surface area contributed by atoms with Gasteiger partial charge in [0.25, 0.3) is 5.91 Å². The van der Waals surface area contributed by atoms with E-state index in [0.29, 0.717) is 23.2 Å². The summed E-state index contributed by atoms with van der Waals surface area (Å²) >= 11 is 0. The van der Waals surface area contributed by atoms with Crippen LogP contribution >= 0.6 is 0 Å². The van der Waals surface area contributed by atoms with Gasteiger partial charge < -0.3 is 5.32 Å². The Kier molecular flexibility index (Phi) is 6.63. The molecule has 37 heavy (non-hydrogen) atoms. The molecule has 3 heterocycles. The van der Waals surface area contributed by atoms with Crippen LogP contribution in [-0.2, 0) is 12.7 Å². The second-order valence-corrected chi connectivity index (χ2v) is 8.96. The van der Waals surface area contributed by atoms with Gasteiger partial charge >= 0.3 is 6.18 Å². The van der Waals surface area contributed by atoms with Crippen molar-refractivity contribution in [3.8, 4) is 11.1 Å². The maximum absolute atomic E-state index is 14.9. The van der Waals surface area contributed by atoms with Crippen molar-refractivity contribution >= 4 is 22.6 Å². The molecule has 2 aromatic carbocycles. The number of anilines is 1. The molecule has 1 amide bonds. The van der Waals surface area contributed by atoms with Crippen molar-refractivity contribution in [1.29, 1.82) is 0 Å². The zero-order valence-electron chi connectivity index (χ0n) is 19.5. The molecule has 192 valence electrons. The summed E-state index contributed by atoms with van der Waals surface area (Å²) in [6.45, 7) is 2.26. The van der Waals surface area contributed by atoms with E-state index >= 15 is 0 Å². The number of alkyl halides is 3. The molecule has 0 saturated carbocycles. The number of rotatable bonds is 5. The molecule has 2 N–H and O–H groups in total. The van der Waals surface area contributed by atoms with Crippen molar-refractivity contribution in [3.05, 3.63) is 77.1 Å². The third-order valence-electron chi connectivity index (χ3n) is 6.38. The second-order valence-electron chi connectivity index (χ2n) is 8.96. The van der Waals surface area contributed by atoms with E-state index in [1.54, 1.807) is 18.2 Å². The molecule has 0 aliphatic carbocycles. The molecule has 4 aromatic rings. The first-order valence-corrected chi connectivity index (χ1v) is 11.7. The zero-order valence-corrected chi connectivity index (χ0v) is 19.5. The SMILES string of the molecule is O=C(Nc1ncccc1C(F)(F)F)c1n[nH]c2ccc(-c3cc(CN4CCCCC4)cc(F)c3F)cc12. The van der Waals surface area contributed by atoms with Crippen LogP contribution in [0.2, 0.25) is 0 Å². The van der Waals surface area contributed by atoms with Gasteiger partial charge in [0, 0.05) is 23.7 Å². The molecular weight excluding hydrogens is 493 g/mol. The molecule has 0 bridgehead atoms. The number of pyridine rings is 1. The molecule has 1 fully saturated rings. The van der Waals surface area contributed by atoms with Gasteiger partial charge in [-0.05, 0) is 73.5 Å². The van der Waals surface area contributed by atoms with Crippen LogP contribution in [0.3, 0.4) is 0 Å². The van der Waals surface area contributed by atoms with E-state index in [1.807, 2.05) is 0 Å². The summed E-state index contributed by atoms with van der Waals surface area (Å²) in [5.41, 5.74) is 0.0272. The molecule has 11 heteroatoms. The monoisotopic (exact) mass is 515 g/mol. The van der Waals surface area contributed by atoms with Crippen LogP contribution in [-0.4, -0.2) is 39.1 Å². The number of aromatic nitrogens is 3. The minimum Gasteiger partial charge on any atom is -0.305 e. The fourth-order valence-electron chi connectivity index (χ4n) is 4.58. The number of aromatic amines is 1. The molecule has 0 spiro atoms. The summed E-state index contributed by atoms with van der Waals surface area (Å²) < 4.78 is 69.3. The fourth-order valence-corrected chi connectivity index (χ4v) is 4.58. The van der Waals surface area contributed by atoms with E-state index in [9.17, 15) is 26.7 Å². The predicted molar refractivity (Wildman–Crippen MR) is 128 cm³/mol. The maximum Gasteiger partial charge on any atom is 0.419 e. The molecule has 6 nitrogen and oxygen atoms in total. The highest BCUT2D eigenvalue weighted by Crippen LogP contribution is 2.34. The van der Waals surface area contributed by atoms with Gasteiger partial charge in [-0.15, -0.1) is 0 Å². The third-order valence-corrected chi connectivity index (χ3v) is 6.38. The molecule has 1 aliphatic heterocycles. The van der Waals surface area contributed by atoms with E-state index < -0.39 is 35.1 Å². The van der Waals surface area contributed by atoms with Crippen molar-refractivity contribution < 1.29 is 26.7 Å². The summed E-state index contributed by atoms with van der Waals surface area (Å²) in [5.74, 6) is -3.60. The maximum atomic E-state index is 14.9. The largest absolute Gasteiger partial charge is 0.419 e. The first kappa shape index (κ1) is 24.8. The van der Waals surface area contributed by atoms with Crippen molar-refractivity contribution in [2.75, 3.05) is 18.4 Å². The molecule has 1 saturated heterocycles. The lowest BCUT2D eigenvalue weighted by molar-refractivity contribution is -0.137. The number of H-pyrrole nitrogens is 1. The Balaban J connectivity index is 1.48. The third kappa shape index (κ3) is 5.17. The molecular formula is C26H22F5N5O. The number of halogens is 5. The lowest BCUT2D eigenvalue weighted by Gasteiger charge is -2.26. The van der Waals surface area contributed by atoms with Gasteiger partial charge in [-0.3, -0.25) is 14.8 Å². The average molecular weight is 515 g/mol. The van der Waals surface area contributed by atoms with Gasteiger partial charge in [0.05, 0.1) is 11.1 Å². The van der Waals surface area contributed by atoms with Crippen LogP contribution < -0.4 is 5.32 Å². The number of nitrogens with zero attached hydrogens (tertiary/aromatic N) is 3. The molecule has 0 radical (unpaired) electrons. The number of carbonyl (C=O) groups is 1. The number of nitrogens with one attached hydrogen (secondary N) is 2. The van der Waals surface area contributed by atoms with Gasteiger partial charge in [-0.1, -0.05) is 12.5 Å². The van der Waals surface area contributed by atoms with Gasteiger partial charge in [-0.25, -0.2) is 13.8 Å². The number of carbonyl (C=O) groups excluding carboxylic acids is 1. The smallest absolute Gasteiger partial charge is 0.305 e. The highest BCUT2D eigenvalue weighted by molar-refractivity contribution is 6.11. The minimum absolute atomic E-state index is 0.0190. The Labute approximate surface area is 208 Å². The summed E-state index contributed by atoms with van der Waals surface area (Å²) in [5, 5.41) is 8.96. The van der Waals surface area contributed by atoms with Crippen LogP contribution in [0.1, 0.15) is 40.9 Å². The number of hydrogen-bond donors (Lipinski definition) is 2. The molecule has 5 rings (SSSR count). The second kappa shape index (κ2) is 9.89. The summed E-state index contributed by atoms with van der Waals surface area (Å²) in [6.07, 6.45) is -0.334. The molecule has 1 aliphatic rings. The van der Waals surface area contributed by atoms with Gasteiger partial charge in [-0.2, -0.15) is 18.3 Å². The average Bonchev–Trinajstić information content (AvgIpc) is 3.30. The van der Waals surface area contributed by atoms with E-state index in [2.05, 4.69) is 25.4 Å². The first-order valence-electron chi connectivity index (χ1n) is 11.7. The number of fused-ring (bicyclic) bond motifs is 1. The first-order chi connectivity index (χ1) is 17.7. The Morgan fingerprint density at radius 1 is 1.05 bits per heavy atom. The Morgan fingerprint density at radius 3 is 2.59 bits per heavy atom. The Bertz CT molecular complexity index is 1460. The van der Waals surface area contributed by atoms with Gasteiger partial charge in [0.1, 0.15) is 5.82 Å². The number of benzene rings is 2. The summed E-state index contributed by atoms with van der Waals surface area (Å²) in [4.78, 5) is 18.7. The highest BCUT2D eigenvalue weighted by atomic mass is 19.4. The molecule has 0 unspecified atom stereocenters. The van der Waals surface area contributed by atoms with Gasteiger partial charge in [0.2, 0.25) is 0 Å². The van der Waals surface area contributed by atoms with E-state index in [1.165, 1.54) is 12.1 Å². The molecule has 0 atom stereocenters. The summed E-state index contributed by atoms with van der Waals surface area (Å²) in [6, 6.07) is 9.25. The zero-order chi connectivity index (χ0) is 26.2. The Morgan fingerprint density at radius 2 is 1.84 bits per heavy atom. The van der Waals surface area contributed by atoms with E-state index in [4.69, 9.17) is 0 Å². The summed E-state index contributed by atoms with van der Waals surface area (Å²) in [7, 11) is 0. The van der Waals surface area contributed by atoms with E-state index in [0.717, 1.165) is 50.7 Å². The van der Waals surface area contributed by atoms with Crippen LogP contribution in [0.5, 0.6) is 0 Å². The molecule has 2 aromatic heterocycles. The Hall–Kier alpha value is -3.86.